The van der Waals surface area contributed by atoms with E-state index >= 15 is 0 Å². The Bertz CT molecular complexity index is 2500. The van der Waals surface area contributed by atoms with Crippen LogP contribution in [0.1, 0.15) is 62.3 Å². The summed E-state index contributed by atoms with van der Waals surface area (Å²) in [5, 5.41) is 11.5. The van der Waals surface area contributed by atoms with Crippen LogP contribution in [-0.4, -0.2) is 44.6 Å². The summed E-state index contributed by atoms with van der Waals surface area (Å²) in [7, 11) is -3.18. The monoisotopic (exact) mass is 895 g/mol. The van der Waals surface area contributed by atoms with E-state index in [4.69, 9.17) is 9.16 Å². The Labute approximate surface area is 369 Å². The summed E-state index contributed by atoms with van der Waals surface area (Å²) >= 11 is 0. The first-order valence-electron chi connectivity index (χ1n) is 21.2. The van der Waals surface area contributed by atoms with Crippen LogP contribution in [0, 0.1) is 17.8 Å². The highest BCUT2D eigenvalue weighted by atomic mass is 28.4. The molecular weight excluding hydrogens is 849 g/mol. The van der Waals surface area contributed by atoms with E-state index in [0.717, 1.165) is 38.2 Å². The van der Waals surface area contributed by atoms with Crippen molar-refractivity contribution in [3.8, 4) is 5.75 Å². The lowest BCUT2D eigenvalue weighted by Crippen LogP contribution is -2.66. The summed E-state index contributed by atoms with van der Waals surface area (Å²) in [4.78, 5) is 29.5. The molecule has 4 atom stereocenters. The molecule has 2 amide bonds. The fourth-order valence-electron chi connectivity index (χ4n) is 9.89. The van der Waals surface area contributed by atoms with Gasteiger partial charge in [-0.1, -0.05) is 130 Å². The number of hydrogen-bond donors (Lipinski definition) is 1. The largest absolute Gasteiger partial charge is 0.508 e. The predicted octanol–water partition coefficient (Wildman–Crippen LogP) is 10.8. The Kier molecular flexibility index (Phi) is 12.1. The van der Waals surface area contributed by atoms with Crippen LogP contribution in [0.4, 0.5) is 32.0 Å². The normalized spacial score (nSPS) is 20.8. The quantitative estimate of drug-likeness (QED) is 0.0470. The van der Waals surface area contributed by atoms with Gasteiger partial charge in [-0.15, -0.1) is 0 Å². The van der Waals surface area contributed by atoms with Crippen LogP contribution in [0.3, 0.4) is 0 Å². The Morgan fingerprint density at radius 1 is 0.750 bits per heavy atom. The Balaban J connectivity index is 1.21. The molecule has 0 unspecified atom stereocenters. The highest BCUT2D eigenvalue weighted by Crippen LogP contribution is 2.52. The maximum Gasteiger partial charge on any atom is 0.416 e. The number of carbonyl (C=O) groups is 2. The van der Waals surface area contributed by atoms with E-state index < -0.39 is 78.2 Å². The molecule has 1 aliphatic carbocycles. The van der Waals surface area contributed by atoms with Crippen molar-refractivity contribution in [2.45, 2.75) is 63.5 Å². The number of amides is 2. The van der Waals surface area contributed by atoms with Crippen LogP contribution in [0.25, 0.3) is 11.6 Å². The highest BCUT2D eigenvalue weighted by Gasteiger charge is 2.58. The van der Waals surface area contributed by atoms with Crippen molar-refractivity contribution in [3.05, 3.63) is 167 Å². The number of phenolic OH excluding ortho intramolecular Hbond substituents is 1. The van der Waals surface area contributed by atoms with Gasteiger partial charge < -0.3 is 14.3 Å². The van der Waals surface area contributed by atoms with E-state index in [1.807, 2.05) is 72.8 Å². The number of allylic oxidation sites excluding steroid dienone is 1. The molecule has 0 bridgehead atoms. The highest BCUT2D eigenvalue weighted by molar-refractivity contribution is 6.99. The van der Waals surface area contributed by atoms with Gasteiger partial charge in [0.05, 0.1) is 48.0 Å². The number of fused-ring (bicyclic) bond motifs is 3. The van der Waals surface area contributed by atoms with Crippen LogP contribution < -0.4 is 15.3 Å². The van der Waals surface area contributed by atoms with E-state index in [0.29, 0.717) is 29.9 Å². The molecule has 1 N–H and O–H groups in total. The van der Waals surface area contributed by atoms with Gasteiger partial charge in [-0.05, 0) is 92.9 Å². The van der Waals surface area contributed by atoms with Crippen LogP contribution in [0.5, 0.6) is 5.75 Å². The molecule has 332 valence electrons. The summed E-state index contributed by atoms with van der Waals surface area (Å²) < 4.78 is 98.4. The Morgan fingerprint density at radius 2 is 1.30 bits per heavy atom. The van der Waals surface area contributed by atoms with Crippen molar-refractivity contribution >= 4 is 47.8 Å². The summed E-state index contributed by atoms with van der Waals surface area (Å²) in [5.74, 6) is -4.47. The first-order valence-corrected chi connectivity index (χ1v) is 23.1. The number of benzene rings is 5. The van der Waals surface area contributed by atoms with Gasteiger partial charge in [-0.25, -0.2) is 4.90 Å². The topological polar surface area (TPSA) is 76.1 Å². The number of halogens is 6. The molecular formula is C51H47F6NO5Si. The fourth-order valence-corrected chi connectivity index (χ4v) is 14.4. The lowest BCUT2D eigenvalue weighted by atomic mass is 9.69. The average Bonchev–Trinajstić information content (AvgIpc) is 3.80. The standard InChI is InChI=1S/C51H47F6NO5Si/c1-49(2,3)64(40-15-9-5-10-16-40,41-17-11-6-12-18-41)63-30-35-26-42-46(48(61)58(47(42)60)38-28-36(50(52,53)54)27-37(29-38)51(55,56)57)43-31-62-44(45(35)43)24-21-34(33-13-7-4-8-14-33)25-32-19-22-39(59)23-20-32/h4-20,22-23,25,27-29,42-44,46,59H,21,24,26,30-31H2,1-3H3/b34-25-/t42-,43+,44-,46-/m1/s1. The molecule has 0 aromatic heterocycles. The van der Waals surface area contributed by atoms with Crippen molar-refractivity contribution < 1.29 is 50.2 Å². The number of imide groups is 1. The van der Waals surface area contributed by atoms with Gasteiger partial charge in [-0.2, -0.15) is 26.3 Å². The van der Waals surface area contributed by atoms with Crippen molar-refractivity contribution in [1.29, 1.82) is 0 Å². The number of rotatable bonds is 11. The number of nitrogens with zero attached hydrogens (tertiary/aromatic N) is 1. The van der Waals surface area contributed by atoms with Crippen LogP contribution in [-0.2, 0) is 31.1 Å². The third-order valence-electron chi connectivity index (χ3n) is 12.8. The first-order chi connectivity index (χ1) is 30.4. The molecule has 2 saturated heterocycles. The molecule has 5 aromatic carbocycles. The van der Waals surface area contributed by atoms with E-state index in [2.05, 4.69) is 45.0 Å². The zero-order valence-electron chi connectivity index (χ0n) is 35.4. The summed E-state index contributed by atoms with van der Waals surface area (Å²) in [6, 6.07) is 37.4. The molecule has 2 heterocycles. The van der Waals surface area contributed by atoms with Gasteiger partial charge in [0.25, 0.3) is 8.32 Å². The zero-order valence-corrected chi connectivity index (χ0v) is 36.4. The summed E-state index contributed by atoms with van der Waals surface area (Å²) in [6.07, 6.45) is -7.95. The molecule has 64 heavy (non-hydrogen) atoms. The number of carbonyl (C=O) groups excluding carboxylic acids is 2. The predicted molar refractivity (Wildman–Crippen MR) is 236 cm³/mol. The average molecular weight is 896 g/mol. The molecule has 0 saturated carbocycles. The number of anilines is 1. The minimum atomic E-state index is -5.18. The minimum Gasteiger partial charge on any atom is -0.508 e. The molecule has 3 aliphatic rings. The zero-order chi connectivity index (χ0) is 45.6. The van der Waals surface area contributed by atoms with Crippen LogP contribution in [0.2, 0.25) is 5.04 Å². The molecule has 8 rings (SSSR count). The minimum absolute atomic E-state index is 0.00435. The van der Waals surface area contributed by atoms with Crippen molar-refractivity contribution in [3.63, 3.8) is 0 Å². The Hall–Kier alpha value is -5.76. The number of aromatic hydroxyl groups is 1. The molecule has 6 nitrogen and oxygen atoms in total. The number of alkyl halides is 6. The van der Waals surface area contributed by atoms with E-state index in [9.17, 15) is 41.0 Å². The second-order valence-electron chi connectivity index (χ2n) is 17.7. The van der Waals surface area contributed by atoms with Gasteiger partial charge in [0.1, 0.15) is 5.75 Å². The number of ether oxygens (including phenoxy) is 1. The number of hydrogen-bond acceptors (Lipinski definition) is 5. The SMILES string of the molecule is CC(C)(C)[Si](OCC1=C2[C@@H](CC/C(=C/c3ccc(O)cc3)c3ccccc3)OC[C@@H]2[C@@H]2C(=O)N(c3cc(C(F)(F)F)cc(C(F)(F)F)c3)C(=O)[C@@H]2C1)(c1ccccc1)c1ccccc1. The van der Waals surface area contributed by atoms with Crippen molar-refractivity contribution in [1.82, 2.24) is 0 Å². The Morgan fingerprint density at radius 3 is 1.83 bits per heavy atom. The van der Waals surface area contributed by atoms with Crippen molar-refractivity contribution in [2.75, 3.05) is 18.1 Å². The van der Waals surface area contributed by atoms with Gasteiger partial charge in [0, 0.05) is 5.92 Å². The number of phenols is 1. The second kappa shape index (κ2) is 17.3. The molecule has 5 aromatic rings. The fraction of sp³-hybridized carbons (Fsp3) is 0.294. The van der Waals surface area contributed by atoms with Crippen LogP contribution >= 0.6 is 0 Å². The van der Waals surface area contributed by atoms with Gasteiger partial charge in [-0.3, -0.25) is 9.59 Å². The summed E-state index contributed by atoms with van der Waals surface area (Å²) in [6.45, 7) is 6.44. The third-order valence-corrected chi connectivity index (χ3v) is 17.8. The van der Waals surface area contributed by atoms with E-state index in [-0.39, 0.29) is 31.5 Å². The molecule has 13 heteroatoms. The van der Waals surface area contributed by atoms with E-state index in [1.54, 1.807) is 24.3 Å². The van der Waals surface area contributed by atoms with Gasteiger partial charge in [0.2, 0.25) is 11.8 Å². The molecule has 0 radical (unpaired) electrons. The first kappa shape index (κ1) is 44.8. The summed E-state index contributed by atoms with van der Waals surface area (Å²) in [5.41, 5.74) is 0.285. The molecule has 0 spiro atoms. The van der Waals surface area contributed by atoms with Crippen LogP contribution in [0.15, 0.2) is 145 Å². The van der Waals surface area contributed by atoms with Crippen molar-refractivity contribution in [2.24, 2.45) is 17.8 Å². The van der Waals surface area contributed by atoms with Gasteiger partial charge in [0.15, 0.2) is 0 Å². The maximum atomic E-state index is 14.5. The molecule has 2 aliphatic heterocycles. The van der Waals surface area contributed by atoms with Gasteiger partial charge >= 0.3 is 12.4 Å². The van der Waals surface area contributed by atoms with E-state index in [1.165, 1.54) is 0 Å². The lowest BCUT2D eigenvalue weighted by molar-refractivity contribution is -0.143. The third kappa shape index (κ3) is 8.60. The smallest absolute Gasteiger partial charge is 0.416 e. The maximum absolute atomic E-state index is 14.5. The lowest BCUT2D eigenvalue weighted by Gasteiger charge is -2.44. The second-order valence-corrected chi connectivity index (χ2v) is 22.0. The molecule has 2 fully saturated rings.